The summed E-state index contributed by atoms with van der Waals surface area (Å²) in [6, 6.07) is 5.51. The minimum absolute atomic E-state index is 0.122. The van der Waals surface area contributed by atoms with E-state index in [0.29, 0.717) is 11.0 Å². The molecule has 7 heteroatoms. The van der Waals surface area contributed by atoms with Crippen LogP contribution in [0, 0.1) is 0 Å². The van der Waals surface area contributed by atoms with Crippen LogP contribution in [0.2, 0.25) is 0 Å². The molecule has 0 aliphatic carbocycles. The van der Waals surface area contributed by atoms with Gasteiger partial charge in [-0.05, 0) is 31.5 Å². The lowest BCUT2D eigenvalue weighted by atomic mass is 10.3. The first-order chi connectivity index (χ1) is 8.86. The third kappa shape index (κ3) is 4.93. The molecule has 2 N–H and O–H groups in total. The van der Waals surface area contributed by atoms with E-state index in [1.165, 1.54) is 19.1 Å². The Morgan fingerprint density at radius 3 is 2.68 bits per heavy atom. The van der Waals surface area contributed by atoms with Gasteiger partial charge in [-0.3, -0.25) is 4.79 Å². The Morgan fingerprint density at radius 1 is 1.42 bits per heavy atom. The number of amides is 1. The summed E-state index contributed by atoms with van der Waals surface area (Å²) in [5, 5.41) is 2.64. The van der Waals surface area contributed by atoms with Crippen molar-refractivity contribution in [1.29, 1.82) is 0 Å². The molecule has 1 unspecified atom stereocenters. The number of benzene rings is 1. The molecule has 106 valence electrons. The molecule has 1 amide bonds. The summed E-state index contributed by atoms with van der Waals surface area (Å²) < 4.78 is 27.1. The Labute approximate surface area is 122 Å². The van der Waals surface area contributed by atoms with Gasteiger partial charge in [0.2, 0.25) is 15.9 Å². The van der Waals surface area contributed by atoms with Gasteiger partial charge in [0.15, 0.2) is 0 Å². The molecule has 19 heavy (non-hydrogen) atoms. The number of hydrogen-bond acceptors (Lipinski definition) is 3. The quantitative estimate of drug-likeness (QED) is 0.820. The number of halogens is 1. The summed E-state index contributed by atoms with van der Waals surface area (Å²) in [5.74, 6) is -0.333. The summed E-state index contributed by atoms with van der Waals surface area (Å²) in [7, 11) is -3.69. The first-order valence-corrected chi connectivity index (χ1v) is 8.20. The van der Waals surface area contributed by atoms with Gasteiger partial charge in [-0.15, -0.1) is 0 Å². The van der Waals surface area contributed by atoms with E-state index in [9.17, 15) is 13.2 Å². The van der Waals surface area contributed by atoms with Crippen molar-refractivity contribution < 1.29 is 13.2 Å². The van der Waals surface area contributed by atoms with Gasteiger partial charge in [-0.25, -0.2) is 8.42 Å². The van der Waals surface area contributed by atoms with Crippen molar-refractivity contribution in [3.63, 3.8) is 0 Å². The number of rotatable bonds is 6. The summed E-state index contributed by atoms with van der Waals surface area (Å²) in [5.41, 5.74) is 0. The highest BCUT2D eigenvalue weighted by atomic mass is 79.9. The van der Waals surface area contributed by atoms with Gasteiger partial charge in [0, 0.05) is 11.0 Å². The van der Waals surface area contributed by atoms with Gasteiger partial charge in [0.1, 0.15) is 0 Å². The molecular formula is C12H17BrN2O3S. The number of nitrogens with one attached hydrogen (secondary N) is 2. The third-order valence-electron chi connectivity index (χ3n) is 2.38. The molecule has 0 saturated carbocycles. The van der Waals surface area contributed by atoms with Gasteiger partial charge in [-0.2, -0.15) is 4.72 Å². The van der Waals surface area contributed by atoms with E-state index in [-0.39, 0.29) is 10.8 Å². The van der Waals surface area contributed by atoms with Crippen LogP contribution in [0.4, 0.5) is 0 Å². The molecule has 0 aromatic heterocycles. The van der Waals surface area contributed by atoms with Crippen molar-refractivity contribution in [2.75, 3.05) is 6.54 Å². The highest BCUT2D eigenvalue weighted by Gasteiger charge is 2.21. The van der Waals surface area contributed by atoms with Crippen LogP contribution in [0.3, 0.4) is 0 Å². The first kappa shape index (κ1) is 16.1. The number of carbonyl (C=O) groups is 1. The Morgan fingerprint density at radius 2 is 2.11 bits per heavy atom. The molecule has 0 bridgehead atoms. The smallest absolute Gasteiger partial charge is 0.241 e. The van der Waals surface area contributed by atoms with Gasteiger partial charge in [0.25, 0.3) is 0 Å². The average molecular weight is 349 g/mol. The molecule has 0 heterocycles. The molecule has 0 aliphatic rings. The maximum Gasteiger partial charge on any atom is 0.241 e. The molecule has 1 atom stereocenters. The monoisotopic (exact) mass is 348 g/mol. The van der Waals surface area contributed by atoms with E-state index in [2.05, 4.69) is 26.0 Å². The lowest BCUT2D eigenvalue weighted by molar-refractivity contribution is -0.122. The van der Waals surface area contributed by atoms with Gasteiger partial charge < -0.3 is 5.32 Å². The lowest BCUT2D eigenvalue weighted by Gasteiger charge is -2.14. The van der Waals surface area contributed by atoms with Crippen molar-refractivity contribution in [2.24, 2.45) is 0 Å². The predicted octanol–water partition coefficient (Wildman–Crippen LogP) is 1.64. The topological polar surface area (TPSA) is 75.3 Å². The Balaban J connectivity index is 2.77. The summed E-state index contributed by atoms with van der Waals surface area (Å²) in [6.07, 6.45) is 0.802. The van der Waals surface area contributed by atoms with Crippen LogP contribution in [0.15, 0.2) is 33.6 Å². The second-order valence-corrected chi connectivity index (χ2v) is 6.72. The number of hydrogen-bond donors (Lipinski definition) is 2. The van der Waals surface area contributed by atoms with Crippen LogP contribution in [0.5, 0.6) is 0 Å². The van der Waals surface area contributed by atoms with Crippen molar-refractivity contribution in [1.82, 2.24) is 10.0 Å². The average Bonchev–Trinajstić information content (AvgIpc) is 2.35. The third-order valence-corrected chi connectivity index (χ3v) is 4.41. The van der Waals surface area contributed by atoms with Crippen molar-refractivity contribution in [3.8, 4) is 0 Å². The molecule has 1 aromatic carbocycles. The van der Waals surface area contributed by atoms with E-state index in [4.69, 9.17) is 0 Å². The van der Waals surface area contributed by atoms with Crippen LogP contribution in [-0.4, -0.2) is 26.9 Å². The molecule has 0 fully saturated rings. The fraction of sp³-hybridized carbons (Fsp3) is 0.417. The minimum atomic E-state index is -3.69. The van der Waals surface area contributed by atoms with Gasteiger partial charge in [-0.1, -0.05) is 28.9 Å². The molecular weight excluding hydrogens is 332 g/mol. The van der Waals surface area contributed by atoms with Crippen molar-refractivity contribution in [3.05, 3.63) is 28.7 Å². The molecule has 0 radical (unpaired) electrons. The zero-order valence-corrected chi connectivity index (χ0v) is 13.2. The standard InChI is InChI=1S/C12H17BrN2O3S/c1-3-7-14-12(16)9(2)15-19(17,18)11-6-4-5-10(13)8-11/h4-6,8-9,15H,3,7H2,1-2H3,(H,14,16). The first-order valence-electron chi connectivity index (χ1n) is 5.92. The molecule has 1 aromatic rings. The summed E-state index contributed by atoms with van der Waals surface area (Å²) in [6.45, 7) is 3.97. The van der Waals surface area contributed by atoms with E-state index in [1.54, 1.807) is 12.1 Å². The van der Waals surface area contributed by atoms with Crippen LogP contribution < -0.4 is 10.0 Å². The Bertz CT molecular complexity index is 546. The predicted molar refractivity (Wildman–Crippen MR) is 77.2 cm³/mol. The van der Waals surface area contributed by atoms with Crippen LogP contribution in [-0.2, 0) is 14.8 Å². The van der Waals surface area contributed by atoms with E-state index in [1.807, 2.05) is 6.92 Å². The molecule has 0 aliphatic heterocycles. The largest absolute Gasteiger partial charge is 0.355 e. The van der Waals surface area contributed by atoms with E-state index in [0.717, 1.165) is 6.42 Å². The molecule has 5 nitrogen and oxygen atoms in total. The van der Waals surface area contributed by atoms with Crippen LogP contribution in [0.25, 0.3) is 0 Å². The van der Waals surface area contributed by atoms with E-state index < -0.39 is 16.1 Å². The fourth-order valence-electron chi connectivity index (χ4n) is 1.39. The Kier molecular flexibility index (Phi) is 5.96. The second-order valence-electron chi connectivity index (χ2n) is 4.09. The zero-order chi connectivity index (χ0) is 14.5. The van der Waals surface area contributed by atoms with Gasteiger partial charge >= 0.3 is 0 Å². The highest BCUT2D eigenvalue weighted by Crippen LogP contribution is 2.16. The SMILES string of the molecule is CCCNC(=O)C(C)NS(=O)(=O)c1cccc(Br)c1. The minimum Gasteiger partial charge on any atom is -0.355 e. The summed E-state index contributed by atoms with van der Waals surface area (Å²) in [4.78, 5) is 11.8. The number of sulfonamides is 1. The zero-order valence-electron chi connectivity index (χ0n) is 10.8. The fourth-order valence-corrected chi connectivity index (χ4v) is 3.19. The normalized spacial score (nSPS) is 13.0. The maximum absolute atomic E-state index is 12.1. The van der Waals surface area contributed by atoms with Crippen LogP contribution >= 0.6 is 15.9 Å². The van der Waals surface area contributed by atoms with Crippen molar-refractivity contribution >= 4 is 31.9 Å². The highest BCUT2D eigenvalue weighted by molar-refractivity contribution is 9.10. The van der Waals surface area contributed by atoms with Crippen LogP contribution in [0.1, 0.15) is 20.3 Å². The Hall–Kier alpha value is -0.920. The molecule has 0 spiro atoms. The van der Waals surface area contributed by atoms with Gasteiger partial charge in [0.05, 0.1) is 10.9 Å². The van der Waals surface area contributed by atoms with E-state index >= 15 is 0 Å². The summed E-state index contributed by atoms with van der Waals surface area (Å²) >= 11 is 3.21. The molecule has 1 rings (SSSR count). The maximum atomic E-state index is 12.1. The van der Waals surface area contributed by atoms with Crippen molar-refractivity contribution in [2.45, 2.75) is 31.2 Å². The number of carbonyl (C=O) groups excluding carboxylic acids is 1. The lowest BCUT2D eigenvalue weighted by Crippen LogP contribution is -2.44. The second kappa shape index (κ2) is 7.02. The molecule has 0 saturated heterocycles.